The summed E-state index contributed by atoms with van der Waals surface area (Å²) >= 11 is 0. The second-order valence-corrected chi connectivity index (χ2v) is 24.2. The number of esters is 4. The second-order valence-electron chi connectivity index (χ2n) is 24.2. The van der Waals surface area contributed by atoms with E-state index in [0.717, 1.165) is 12.8 Å². The Kier molecular flexibility index (Phi) is 44.1. The van der Waals surface area contributed by atoms with Crippen LogP contribution in [-0.2, 0) is 138 Å². The first-order valence-corrected chi connectivity index (χ1v) is 35.4. The Morgan fingerprint density at radius 3 is 0.737 bits per heavy atom. The Balaban J connectivity index is 0.540. The second kappa shape index (κ2) is 52.0. The summed E-state index contributed by atoms with van der Waals surface area (Å²) in [4.78, 5) is 50.1. The van der Waals surface area contributed by atoms with E-state index >= 15 is 0 Å². The number of carbonyl (C=O) groups is 4. The molecule has 99 heavy (non-hydrogen) atoms. The molecule has 0 spiro atoms. The molecule has 0 bridgehead atoms. The van der Waals surface area contributed by atoms with Gasteiger partial charge in [0.1, 0.15) is 37.6 Å². The van der Waals surface area contributed by atoms with Gasteiger partial charge in [0.05, 0.1) is 262 Å². The monoisotopic (exact) mass is 1420 g/mol. The summed E-state index contributed by atoms with van der Waals surface area (Å²) < 4.78 is 139. The van der Waals surface area contributed by atoms with Gasteiger partial charge in [-0.05, 0) is 65.2 Å². The van der Waals surface area contributed by atoms with Crippen LogP contribution in [0.1, 0.15) is 65.2 Å². The summed E-state index contributed by atoms with van der Waals surface area (Å²) in [5.74, 6) is -1.88. The van der Waals surface area contributed by atoms with E-state index in [1.807, 2.05) is 26.0 Å². The minimum atomic E-state index is -0.383. The van der Waals surface area contributed by atoms with Crippen molar-refractivity contribution in [1.29, 1.82) is 0 Å². The summed E-state index contributed by atoms with van der Waals surface area (Å²) in [7, 11) is 0. The third-order valence-corrected chi connectivity index (χ3v) is 16.8. The summed E-state index contributed by atoms with van der Waals surface area (Å²) in [6.07, 6.45) is 7.74. The first kappa shape index (κ1) is 83.9. The van der Waals surface area contributed by atoms with Gasteiger partial charge in [-0.25, -0.2) is 19.2 Å². The smallest absolute Gasteiger partial charge is 0.334 e. The number of hydrogen-bond donors (Lipinski definition) is 0. The maximum Gasteiger partial charge on any atom is 0.334 e. The summed E-state index contributed by atoms with van der Waals surface area (Å²) in [5, 5.41) is 0. The van der Waals surface area contributed by atoms with E-state index in [9.17, 15) is 19.2 Å². The van der Waals surface area contributed by atoms with Crippen LogP contribution in [0.3, 0.4) is 0 Å². The van der Waals surface area contributed by atoms with Crippen molar-refractivity contribution >= 4 is 23.9 Å². The van der Waals surface area contributed by atoms with Crippen LogP contribution in [-0.4, -0.2) is 324 Å². The van der Waals surface area contributed by atoms with Gasteiger partial charge in [0, 0.05) is 34.1 Å². The fourth-order valence-corrected chi connectivity index (χ4v) is 11.1. The lowest BCUT2D eigenvalue weighted by Crippen LogP contribution is -2.29. The first-order valence-electron chi connectivity index (χ1n) is 35.4. The highest BCUT2D eigenvalue weighted by Gasteiger charge is 2.62. The molecule has 4 fully saturated rings. The molecule has 0 aromatic heterocycles. The van der Waals surface area contributed by atoms with E-state index in [2.05, 4.69) is 13.2 Å². The van der Waals surface area contributed by atoms with Crippen LogP contribution in [0.5, 0.6) is 0 Å². The van der Waals surface area contributed by atoms with Gasteiger partial charge in [-0.1, -0.05) is 25.3 Å². The molecule has 6 aliphatic rings. The number of hydrogen-bond acceptors (Lipinski definition) is 29. The van der Waals surface area contributed by atoms with Gasteiger partial charge in [0.15, 0.2) is 0 Å². The maximum absolute atomic E-state index is 12.8. The van der Waals surface area contributed by atoms with Gasteiger partial charge >= 0.3 is 23.9 Å². The number of rotatable bonds is 62. The lowest BCUT2D eigenvalue weighted by molar-refractivity contribution is -0.142. The molecule has 0 N–H and O–H groups in total. The molecule has 0 aromatic rings. The molecular weight excluding hydrogens is 1300 g/mol. The molecule has 2 aliphatic carbocycles. The van der Waals surface area contributed by atoms with Crippen LogP contribution in [0.2, 0.25) is 0 Å². The van der Waals surface area contributed by atoms with Crippen molar-refractivity contribution in [3.63, 3.8) is 0 Å². The minimum Gasteiger partial charge on any atom is -0.460 e. The van der Waals surface area contributed by atoms with E-state index in [4.69, 9.17) is 118 Å². The van der Waals surface area contributed by atoms with Gasteiger partial charge in [0.25, 0.3) is 0 Å². The van der Waals surface area contributed by atoms with Crippen LogP contribution in [0, 0.1) is 11.8 Å². The summed E-state index contributed by atoms with van der Waals surface area (Å²) in [6, 6.07) is 0. The average molecular weight is 1420 g/mol. The van der Waals surface area contributed by atoms with Crippen molar-refractivity contribution in [2.45, 2.75) is 101 Å². The van der Waals surface area contributed by atoms with Crippen LogP contribution in [0.15, 0.2) is 47.6 Å². The number of epoxide rings is 2. The Bertz CT molecular complexity index is 2150. The van der Waals surface area contributed by atoms with E-state index in [1.165, 1.54) is 0 Å². The normalized spacial score (nSPS) is 24.6. The lowest BCUT2D eigenvalue weighted by atomic mass is 9.84. The van der Waals surface area contributed by atoms with Crippen molar-refractivity contribution in [2.24, 2.45) is 11.8 Å². The quantitative estimate of drug-likeness (QED) is 0.0274. The highest BCUT2D eigenvalue weighted by Crippen LogP contribution is 2.51. The molecule has 29 heteroatoms. The van der Waals surface area contributed by atoms with E-state index in [-0.39, 0.29) is 97.8 Å². The molecule has 0 unspecified atom stereocenters. The number of fused-ring (bicyclic) bond motifs is 6. The van der Waals surface area contributed by atoms with Crippen molar-refractivity contribution in [2.75, 3.05) is 264 Å². The molecule has 29 nitrogen and oxygen atoms in total. The fourth-order valence-electron chi connectivity index (χ4n) is 11.1. The van der Waals surface area contributed by atoms with Gasteiger partial charge in [-0.2, -0.15) is 0 Å². The molecule has 568 valence electrons. The maximum atomic E-state index is 12.8. The topological polar surface area (TPSA) is 306 Å². The highest BCUT2D eigenvalue weighted by molar-refractivity contribution is 5.92. The van der Waals surface area contributed by atoms with Gasteiger partial charge in [0.2, 0.25) is 0 Å². The molecule has 0 amide bonds. The number of allylic oxidation sites excluding steroid dienone is 2. The molecule has 0 saturated carbocycles. The van der Waals surface area contributed by atoms with E-state index in [1.54, 1.807) is 0 Å². The first-order chi connectivity index (χ1) is 48.5. The summed E-state index contributed by atoms with van der Waals surface area (Å²) in [6.45, 7) is 28.8. The third kappa shape index (κ3) is 35.4. The van der Waals surface area contributed by atoms with E-state index < -0.39 is 0 Å². The fraction of sp³-hybridized carbons (Fsp3) is 0.829. The molecular formula is C70H114O29. The van der Waals surface area contributed by atoms with Crippen molar-refractivity contribution in [1.82, 2.24) is 0 Å². The zero-order valence-corrected chi connectivity index (χ0v) is 58.8. The Morgan fingerprint density at radius 1 is 0.343 bits per heavy atom. The number of carbonyl (C=O) groups excluding carboxylic acids is 4. The number of ether oxygens (including phenoxy) is 25. The van der Waals surface area contributed by atoms with Gasteiger partial charge in [-0.15, -0.1) is 0 Å². The Hall–Kier alpha value is -4.00. The van der Waals surface area contributed by atoms with Gasteiger partial charge < -0.3 is 118 Å². The molecule has 0 aromatic carbocycles. The third-order valence-electron chi connectivity index (χ3n) is 16.8. The van der Waals surface area contributed by atoms with Crippen molar-refractivity contribution in [3.05, 3.63) is 47.6 Å². The van der Waals surface area contributed by atoms with Crippen molar-refractivity contribution in [3.8, 4) is 0 Å². The van der Waals surface area contributed by atoms with Crippen LogP contribution in [0.25, 0.3) is 0 Å². The summed E-state index contributed by atoms with van der Waals surface area (Å²) in [5.41, 5.74) is 1.33. The Labute approximate surface area is 584 Å². The molecule has 4 heterocycles. The molecule has 8 atom stereocenters. The van der Waals surface area contributed by atoms with Crippen molar-refractivity contribution < 1.29 is 138 Å². The molecule has 4 aliphatic heterocycles. The minimum absolute atomic E-state index is 0.127. The predicted octanol–water partition coefficient (Wildman–Crippen LogP) is 3.90. The Morgan fingerprint density at radius 2 is 0.535 bits per heavy atom. The standard InChI is InChI=1S/C70H114O29/c1-55-59-11-9-57(7-5-13-69(3)63(98-69)61(59)96-65(55)71)67(73)94-53-51-92-49-47-90-45-43-88-41-39-86-37-35-84-33-31-82-29-27-80-25-23-78-21-19-76-17-15-75-16-18-77-20-22-79-24-26-81-28-30-83-32-34-85-36-38-87-40-42-89-44-46-91-48-50-93-52-54-95-68(74)58-8-6-14-70(4)64(99-70)62-60(12-10-58)56(2)66(72)97-62/h7-8,59-64H,1-2,5-6,9-54H2,3-4H3/b57-7+,58-8+/t59-,60-,61-,62-,63-,64-,69+,70+/m0/s1. The van der Waals surface area contributed by atoms with E-state index in [0.29, 0.717) is 299 Å². The average Bonchev–Trinajstić information content (AvgIpc) is 1.59. The largest absolute Gasteiger partial charge is 0.460 e. The van der Waals surface area contributed by atoms with Gasteiger partial charge in [-0.3, -0.25) is 0 Å². The van der Waals surface area contributed by atoms with Crippen LogP contribution < -0.4 is 0 Å². The lowest BCUT2D eigenvalue weighted by Gasteiger charge is -2.19. The highest BCUT2D eigenvalue weighted by atomic mass is 16.7. The zero-order valence-electron chi connectivity index (χ0n) is 58.8. The molecule has 4 saturated heterocycles. The van der Waals surface area contributed by atoms with Crippen LogP contribution in [0.4, 0.5) is 0 Å². The molecule has 0 radical (unpaired) electrons. The zero-order chi connectivity index (χ0) is 70.1. The predicted molar refractivity (Wildman–Crippen MR) is 352 cm³/mol. The van der Waals surface area contributed by atoms with Crippen LogP contribution >= 0.6 is 0 Å². The SMILES string of the molecule is C=C1C(=O)O[C@H]2[C@H]1CC/C(C(=O)OCCOCCOCCOCCOCCOCCOCCOCCOCCOCCOCCOCCOCCOCCOCCOCCOCCOCCOCCOCCOC(=O)/C1=C/CC[C@@]3(C)O[C@H]3[C@H]3OC(=O)C(=C)[C@@H]3CC1)=C\CC[C@@]1(C)O[C@@H]21. The molecule has 6 rings (SSSR count).